The first-order valence-corrected chi connectivity index (χ1v) is 19.5. The first-order chi connectivity index (χ1) is 25.2. The van der Waals surface area contributed by atoms with Gasteiger partial charge in [-0.05, 0) is 70.6 Å². The van der Waals surface area contributed by atoms with E-state index in [1.807, 2.05) is 21.1 Å². The number of allylic oxidation sites excluding steroid dienone is 16. The Hall–Kier alpha value is -3.30. The number of aliphatic hydroxyl groups is 1. The summed E-state index contributed by atoms with van der Waals surface area (Å²) in [5, 5.41) is 19.2. The summed E-state index contributed by atoms with van der Waals surface area (Å²) < 4.78 is 16.1. The summed E-state index contributed by atoms with van der Waals surface area (Å²) in [5.41, 5.74) is 0. The Balaban J connectivity index is 3.66. The van der Waals surface area contributed by atoms with Crippen LogP contribution in [-0.2, 0) is 23.8 Å². The standard InChI is InChI=1S/C44H71NO7/c1-5-6-7-8-9-10-11-12-13-14-15-16-17-18-19-20-21-22-23-24-25-26-27-28-29-30-31-32-33-34-35-36-42(47)51-39-41(46)40-52-44(43(48)49)50-38-37-45(2,3)4/h6-7,9-10,12-13,15-16,18-19,21-22,24-25,27-28,41,44,46H,5,8,11,14,17,20,23,26,29-40H2,1-4H3/p+1/b7-6-,10-9-,13-12-,16-15-,19-18-,22-21-,25-24-,28-27-. The Bertz CT molecular complexity index is 1110. The number of carboxylic acids is 1. The number of hydrogen-bond donors (Lipinski definition) is 2. The van der Waals surface area contributed by atoms with E-state index in [4.69, 9.17) is 14.2 Å². The molecule has 2 N–H and O–H groups in total. The van der Waals surface area contributed by atoms with Gasteiger partial charge in [-0.25, -0.2) is 4.79 Å². The molecule has 52 heavy (non-hydrogen) atoms. The lowest BCUT2D eigenvalue weighted by molar-refractivity contribution is -0.870. The van der Waals surface area contributed by atoms with Crippen molar-refractivity contribution < 1.29 is 38.5 Å². The molecule has 0 radical (unpaired) electrons. The minimum atomic E-state index is -1.47. The summed E-state index contributed by atoms with van der Waals surface area (Å²) in [4.78, 5) is 23.3. The quantitative estimate of drug-likeness (QED) is 0.0224. The molecule has 2 atom stereocenters. The monoisotopic (exact) mass is 727 g/mol. The number of ether oxygens (including phenoxy) is 3. The Morgan fingerprint density at radius 2 is 1.00 bits per heavy atom. The molecular formula is C44H72NO7+. The van der Waals surface area contributed by atoms with Gasteiger partial charge >= 0.3 is 11.9 Å². The highest BCUT2D eigenvalue weighted by Gasteiger charge is 2.22. The molecule has 0 aliphatic carbocycles. The van der Waals surface area contributed by atoms with E-state index in [1.54, 1.807) is 0 Å². The molecule has 0 amide bonds. The van der Waals surface area contributed by atoms with E-state index in [2.05, 4.69) is 104 Å². The number of carbonyl (C=O) groups is 2. The van der Waals surface area contributed by atoms with Crippen LogP contribution in [0.25, 0.3) is 0 Å². The molecule has 0 heterocycles. The highest BCUT2D eigenvalue weighted by atomic mass is 16.7. The summed E-state index contributed by atoms with van der Waals surface area (Å²) in [7, 11) is 5.90. The summed E-state index contributed by atoms with van der Waals surface area (Å²) in [6.45, 7) is 2.43. The normalized spacial score (nSPS) is 14.2. The van der Waals surface area contributed by atoms with Crippen LogP contribution in [0.4, 0.5) is 0 Å². The van der Waals surface area contributed by atoms with Crippen LogP contribution in [0.15, 0.2) is 97.2 Å². The number of aliphatic hydroxyl groups excluding tert-OH is 1. The number of hydrogen-bond acceptors (Lipinski definition) is 6. The highest BCUT2D eigenvalue weighted by Crippen LogP contribution is 2.10. The van der Waals surface area contributed by atoms with E-state index >= 15 is 0 Å². The fraction of sp³-hybridized carbons (Fsp3) is 0.591. The number of likely N-dealkylation sites (N-methyl/N-ethyl adjacent to an activating group) is 1. The fourth-order valence-electron chi connectivity index (χ4n) is 4.55. The van der Waals surface area contributed by atoms with Crippen LogP contribution in [0.2, 0.25) is 0 Å². The molecule has 0 aromatic heterocycles. The third-order valence-electron chi connectivity index (χ3n) is 7.59. The van der Waals surface area contributed by atoms with Gasteiger partial charge in [-0.2, -0.15) is 0 Å². The second-order valence-corrected chi connectivity index (χ2v) is 13.7. The van der Waals surface area contributed by atoms with Gasteiger partial charge in [-0.1, -0.05) is 130 Å². The van der Waals surface area contributed by atoms with Gasteiger partial charge in [0.2, 0.25) is 0 Å². The molecule has 0 saturated carbocycles. The molecule has 0 fully saturated rings. The predicted octanol–water partition coefficient (Wildman–Crippen LogP) is 9.75. The maximum Gasteiger partial charge on any atom is 0.361 e. The molecule has 294 valence electrons. The van der Waals surface area contributed by atoms with Crippen molar-refractivity contribution in [2.75, 3.05) is 47.5 Å². The molecule has 0 aliphatic heterocycles. The lowest BCUT2D eigenvalue weighted by atomic mass is 10.1. The average molecular weight is 727 g/mol. The Morgan fingerprint density at radius 1 is 0.577 bits per heavy atom. The average Bonchev–Trinajstić information content (AvgIpc) is 3.10. The van der Waals surface area contributed by atoms with E-state index in [0.717, 1.165) is 83.5 Å². The summed E-state index contributed by atoms with van der Waals surface area (Å²) >= 11 is 0. The van der Waals surface area contributed by atoms with Crippen molar-refractivity contribution in [2.24, 2.45) is 0 Å². The lowest BCUT2D eigenvalue weighted by Crippen LogP contribution is -2.40. The zero-order valence-corrected chi connectivity index (χ0v) is 32.9. The van der Waals surface area contributed by atoms with Gasteiger partial charge in [0.25, 0.3) is 6.29 Å². The second-order valence-electron chi connectivity index (χ2n) is 13.7. The van der Waals surface area contributed by atoms with E-state index in [0.29, 0.717) is 17.4 Å². The number of esters is 1. The lowest BCUT2D eigenvalue weighted by Gasteiger charge is -2.24. The highest BCUT2D eigenvalue weighted by molar-refractivity contribution is 5.70. The van der Waals surface area contributed by atoms with Crippen molar-refractivity contribution in [1.82, 2.24) is 0 Å². The van der Waals surface area contributed by atoms with Crippen molar-refractivity contribution >= 4 is 11.9 Å². The Morgan fingerprint density at radius 3 is 1.44 bits per heavy atom. The molecule has 0 aliphatic rings. The number of carboxylic acid groups (broad SMARTS) is 1. The third kappa shape index (κ3) is 37.9. The van der Waals surface area contributed by atoms with Crippen LogP contribution >= 0.6 is 0 Å². The summed E-state index contributed by atoms with van der Waals surface area (Å²) in [5.74, 6) is -1.64. The zero-order valence-electron chi connectivity index (χ0n) is 32.9. The first-order valence-electron chi connectivity index (χ1n) is 19.5. The van der Waals surface area contributed by atoms with E-state index in [9.17, 15) is 19.8 Å². The number of carbonyl (C=O) groups excluding carboxylic acids is 1. The van der Waals surface area contributed by atoms with Gasteiger partial charge in [-0.3, -0.25) is 4.79 Å². The van der Waals surface area contributed by atoms with Crippen molar-refractivity contribution in [2.45, 2.75) is 122 Å². The van der Waals surface area contributed by atoms with E-state index < -0.39 is 18.4 Å². The Labute approximate surface area is 316 Å². The molecule has 8 heteroatoms. The zero-order chi connectivity index (χ0) is 38.4. The smallest absolute Gasteiger partial charge is 0.361 e. The van der Waals surface area contributed by atoms with Gasteiger partial charge in [0.1, 0.15) is 19.3 Å². The van der Waals surface area contributed by atoms with Gasteiger partial charge in [0, 0.05) is 6.42 Å². The van der Waals surface area contributed by atoms with Crippen LogP contribution in [0, 0.1) is 0 Å². The molecule has 0 rings (SSSR count). The summed E-state index contributed by atoms with van der Waals surface area (Å²) in [6, 6.07) is 0. The van der Waals surface area contributed by atoms with Gasteiger partial charge in [-0.15, -0.1) is 0 Å². The maximum absolute atomic E-state index is 12.0. The van der Waals surface area contributed by atoms with Crippen LogP contribution in [0.1, 0.15) is 110 Å². The van der Waals surface area contributed by atoms with Crippen molar-refractivity contribution in [3.8, 4) is 0 Å². The van der Waals surface area contributed by atoms with E-state index in [-0.39, 0.29) is 25.8 Å². The number of unbranched alkanes of at least 4 members (excludes halogenated alkanes) is 6. The Kier molecular flexibility index (Phi) is 33.8. The molecule has 0 saturated heterocycles. The third-order valence-corrected chi connectivity index (χ3v) is 7.59. The molecule has 2 unspecified atom stereocenters. The second kappa shape index (κ2) is 36.1. The van der Waals surface area contributed by atoms with Crippen LogP contribution < -0.4 is 0 Å². The number of nitrogens with zero attached hydrogens (tertiary/aromatic N) is 1. The van der Waals surface area contributed by atoms with Crippen molar-refractivity contribution in [3.63, 3.8) is 0 Å². The van der Waals surface area contributed by atoms with Gasteiger partial charge in [0.15, 0.2) is 0 Å². The largest absolute Gasteiger partial charge is 0.477 e. The fourth-order valence-corrected chi connectivity index (χ4v) is 4.55. The molecule has 0 spiro atoms. The number of rotatable bonds is 34. The molecule has 8 nitrogen and oxygen atoms in total. The topological polar surface area (TPSA) is 102 Å². The molecule has 0 bridgehead atoms. The SMILES string of the molecule is CC/C=C\C/C=C\C/C=C\C/C=C\C/C=C\C/C=C\C/C=C\C/C=C\CCCCCCCCC(=O)OCC(O)COC(OCC[N+](C)(C)C)C(=O)O. The van der Waals surface area contributed by atoms with Crippen LogP contribution in [0.5, 0.6) is 0 Å². The van der Waals surface area contributed by atoms with Crippen molar-refractivity contribution in [3.05, 3.63) is 97.2 Å². The van der Waals surface area contributed by atoms with E-state index in [1.165, 1.54) is 12.8 Å². The van der Waals surface area contributed by atoms with Crippen LogP contribution in [-0.4, -0.2) is 86.5 Å². The first kappa shape index (κ1) is 48.7. The molecular weight excluding hydrogens is 654 g/mol. The minimum Gasteiger partial charge on any atom is -0.477 e. The minimum absolute atomic E-state index is 0.202. The number of quaternary nitrogens is 1. The van der Waals surface area contributed by atoms with Crippen molar-refractivity contribution in [1.29, 1.82) is 0 Å². The summed E-state index contributed by atoms with van der Waals surface area (Å²) in [6.07, 6.45) is 48.7. The molecule has 0 aromatic carbocycles. The predicted molar refractivity (Wildman–Crippen MR) is 216 cm³/mol. The van der Waals surface area contributed by atoms with Crippen LogP contribution in [0.3, 0.4) is 0 Å². The van der Waals surface area contributed by atoms with Gasteiger partial charge in [0.05, 0.1) is 34.4 Å². The molecule has 0 aromatic rings. The maximum atomic E-state index is 12.0. The number of aliphatic carboxylic acids is 1. The van der Waals surface area contributed by atoms with Gasteiger partial charge < -0.3 is 28.9 Å².